The van der Waals surface area contributed by atoms with Gasteiger partial charge in [0.1, 0.15) is 9.12 Å². The minimum absolute atomic E-state index is 0.0613. The van der Waals surface area contributed by atoms with E-state index in [9.17, 15) is 9.59 Å². The zero-order valence-corrected chi connectivity index (χ0v) is 15.8. The van der Waals surface area contributed by atoms with Crippen molar-refractivity contribution in [3.05, 3.63) is 11.6 Å². The smallest absolute Gasteiger partial charge is 0.333 e. The molecular formula is C16H29N2O5P. The predicted molar refractivity (Wildman–Crippen MR) is 93.2 cm³/mol. The van der Waals surface area contributed by atoms with Crippen LogP contribution in [0.4, 0.5) is 0 Å². The van der Waals surface area contributed by atoms with Gasteiger partial charge < -0.3 is 20.5 Å². The Balaban J connectivity index is 0.00000254. The number of nitrogens with one attached hydrogen (secondary N) is 1. The summed E-state index contributed by atoms with van der Waals surface area (Å²) in [7, 11) is 1.72. The first kappa shape index (κ1) is 22.7. The molecule has 0 aliphatic heterocycles. The summed E-state index contributed by atoms with van der Waals surface area (Å²) in [4.78, 5) is 23.4. The van der Waals surface area contributed by atoms with E-state index in [-0.39, 0.29) is 30.1 Å². The SMILES string of the molecule is CCOC(=O)C1=C[C@@H](OC(CC)CC)C(NC(C)=O)[C@@H](N)C1.O=P. The van der Waals surface area contributed by atoms with Crippen LogP contribution in [0.25, 0.3) is 0 Å². The third-order valence-electron chi connectivity index (χ3n) is 3.80. The van der Waals surface area contributed by atoms with Gasteiger partial charge >= 0.3 is 5.97 Å². The van der Waals surface area contributed by atoms with Gasteiger partial charge in [0.2, 0.25) is 5.91 Å². The molecule has 1 unspecified atom stereocenters. The van der Waals surface area contributed by atoms with Gasteiger partial charge in [0.15, 0.2) is 0 Å². The summed E-state index contributed by atoms with van der Waals surface area (Å²) in [5.74, 6) is -0.524. The fraction of sp³-hybridized carbons (Fsp3) is 0.750. The number of hydrogen-bond donors (Lipinski definition) is 2. The Morgan fingerprint density at radius 1 is 1.33 bits per heavy atom. The second-order valence-electron chi connectivity index (χ2n) is 5.55. The fourth-order valence-corrected chi connectivity index (χ4v) is 2.62. The van der Waals surface area contributed by atoms with Crippen LogP contribution >= 0.6 is 9.12 Å². The van der Waals surface area contributed by atoms with Crippen molar-refractivity contribution in [1.29, 1.82) is 0 Å². The van der Waals surface area contributed by atoms with Crippen molar-refractivity contribution in [2.45, 2.75) is 71.2 Å². The van der Waals surface area contributed by atoms with E-state index in [1.54, 1.807) is 22.1 Å². The summed E-state index contributed by atoms with van der Waals surface area (Å²) in [6.07, 6.45) is 3.48. The number of hydrogen-bond acceptors (Lipinski definition) is 6. The number of carbonyl (C=O) groups is 2. The van der Waals surface area contributed by atoms with Gasteiger partial charge in [-0.25, -0.2) is 4.79 Å². The molecule has 3 atom stereocenters. The number of nitrogens with two attached hydrogens (primary N) is 1. The van der Waals surface area contributed by atoms with E-state index in [0.29, 0.717) is 18.6 Å². The summed E-state index contributed by atoms with van der Waals surface area (Å²) in [5, 5.41) is 2.84. The van der Waals surface area contributed by atoms with Crippen LogP contribution in [-0.2, 0) is 23.6 Å². The molecule has 0 aromatic rings. The molecule has 1 aliphatic carbocycles. The Hall–Kier alpha value is -1.30. The normalized spacial score (nSPS) is 22.9. The van der Waals surface area contributed by atoms with Crippen LogP contribution in [-0.4, -0.2) is 42.8 Å². The molecular weight excluding hydrogens is 331 g/mol. The van der Waals surface area contributed by atoms with Crippen LogP contribution in [0.15, 0.2) is 11.6 Å². The van der Waals surface area contributed by atoms with E-state index < -0.39 is 6.10 Å². The quantitative estimate of drug-likeness (QED) is 0.529. The van der Waals surface area contributed by atoms with Crippen molar-refractivity contribution in [1.82, 2.24) is 5.32 Å². The van der Waals surface area contributed by atoms with Crippen LogP contribution in [0.1, 0.15) is 47.0 Å². The monoisotopic (exact) mass is 360 g/mol. The zero-order chi connectivity index (χ0) is 18.7. The number of carbonyl (C=O) groups excluding carboxylic acids is 2. The van der Waals surface area contributed by atoms with Crippen molar-refractivity contribution >= 4 is 21.0 Å². The van der Waals surface area contributed by atoms with E-state index in [2.05, 4.69) is 5.32 Å². The number of amides is 1. The van der Waals surface area contributed by atoms with E-state index in [4.69, 9.17) is 19.8 Å². The zero-order valence-electron chi connectivity index (χ0n) is 14.8. The largest absolute Gasteiger partial charge is 0.463 e. The Labute approximate surface area is 145 Å². The molecule has 0 fully saturated rings. The van der Waals surface area contributed by atoms with Crippen LogP contribution in [0, 0.1) is 0 Å². The first-order valence-electron chi connectivity index (χ1n) is 8.19. The van der Waals surface area contributed by atoms with Gasteiger partial charge in [-0.2, -0.15) is 0 Å². The topological polar surface area (TPSA) is 108 Å². The second kappa shape index (κ2) is 12.1. The molecule has 1 aliphatic rings. The van der Waals surface area contributed by atoms with Crippen molar-refractivity contribution in [3.8, 4) is 0 Å². The lowest BCUT2D eigenvalue weighted by Crippen LogP contribution is -2.57. The molecule has 0 aromatic carbocycles. The Bertz CT molecular complexity index is 440. The third kappa shape index (κ3) is 7.07. The molecule has 1 rings (SSSR count). The molecule has 138 valence electrons. The Morgan fingerprint density at radius 3 is 2.38 bits per heavy atom. The van der Waals surface area contributed by atoms with Gasteiger partial charge in [0.25, 0.3) is 0 Å². The maximum absolute atomic E-state index is 12.0. The highest BCUT2D eigenvalue weighted by molar-refractivity contribution is 7.00. The van der Waals surface area contributed by atoms with Crippen molar-refractivity contribution in [2.24, 2.45) is 5.73 Å². The van der Waals surface area contributed by atoms with Gasteiger partial charge in [0, 0.05) is 18.5 Å². The maximum Gasteiger partial charge on any atom is 0.333 e. The van der Waals surface area contributed by atoms with Gasteiger partial charge in [-0.05, 0) is 32.3 Å². The van der Waals surface area contributed by atoms with Crippen LogP contribution in [0.5, 0.6) is 0 Å². The molecule has 0 bridgehead atoms. The van der Waals surface area contributed by atoms with E-state index in [0.717, 1.165) is 12.8 Å². The average molecular weight is 360 g/mol. The molecule has 8 heteroatoms. The molecule has 0 aromatic heterocycles. The lowest BCUT2D eigenvalue weighted by molar-refractivity contribution is -0.139. The molecule has 0 heterocycles. The lowest BCUT2D eigenvalue weighted by Gasteiger charge is -2.36. The highest BCUT2D eigenvalue weighted by atomic mass is 31.0. The van der Waals surface area contributed by atoms with Crippen LogP contribution < -0.4 is 11.1 Å². The molecule has 3 N–H and O–H groups in total. The fourth-order valence-electron chi connectivity index (χ4n) is 2.62. The van der Waals surface area contributed by atoms with Gasteiger partial charge in [-0.15, -0.1) is 0 Å². The molecule has 0 saturated heterocycles. The number of rotatable bonds is 7. The number of esters is 1. The Kier molecular flexibility index (Phi) is 11.5. The molecule has 7 nitrogen and oxygen atoms in total. The summed E-state index contributed by atoms with van der Waals surface area (Å²) in [5.41, 5.74) is 6.68. The summed E-state index contributed by atoms with van der Waals surface area (Å²) in [6, 6.07) is -0.719. The predicted octanol–water partition coefficient (Wildman–Crippen LogP) is 1.76. The standard InChI is InChI=1S/C16H28N2O4.HOP/c1-5-12(6-2)22-14-9-11(16(20)21-7-3)8-13(17)15(14)18-10(4)19;1-2/h9,12-15H,5-8,17H2,1-4H3,(H,18,19);2H/t13-,14+,15?;/m0./s1. The molecule has 0 radical (unpaired) electrons. The highest BCUT2D eigenvalue weighted by Crippen LogP contribution is 2.24. The molecule has 1 amide bonds. The van der Waals surface area contributed by atoms with Gasteiger partial charge in [-0.3, -0.25) is 9.36 Å². The first-order valence-corrected chi connectivity index (χ1v) is 8.60. The Morgan fingerprint density at radius 2 is 1.92 bits per heavy atom. The minimum Gasteiger partial charge on any atom is -0.463 e. The van der Waals surface area contributed by atoms with Crippen molar-refractivity contribution in [3.63, 3.8) is 0 Å². The maximum atomic E-state index is 12.0. The van der Waals surface area contributed by atoms with Crippen molar-refractivity contribution in [2.75, 3.05) is 6.61 Å². The lowest BCUT2D eigenvalue weighted by atomic mass is 9.88. The third-order valence-corrected chi connectivity index (χ3v) is 3.80. The summed E-state index contributed by atoms with van der Waals surface area (Å²) < 4.78 is 19.2. The minimum atomic E-state index is -0.419. The van der Waals surface area contributed by atoms with Gasteiger partial charge in [-0.1, -0.05) is 13.8 Å². The molecule has 0 spiro atoms. The van der Waals surface area contributed by atoms with Gasteiger partial charge in [0.05, 0.1) is 24.9 Å². The summed E-state index contributed by atoms with van der Waals surface area (Å²) >= 11 is 0. The summed E-state index contributed by atoms with van der Waals surface area (Å²) in [6.45, 7) is 7.62. The number of ether oxygens (including phenoxy) is 2. The second-order valence-corrected chi connectivity index (χ2v) is 5.55. The molecule has 24 heavy (non-hydrogen) atoms. The first-order chi connectivity index (χ1) is 11.4. The van der Waals surface area contributed by atoms with E-state index >= 15 is 0 Å². The highest BCUT2D eigenvalue weighted by Gasteiger charge is 2.35. The van der Waals surface area contributed by atoms with Crippen LogP contribution in [0.2, 0.25) is 0 Å². The van der Waals surface area contributed by atoms with E-state index in [1.807, 2.05) is 13.8 Å². The van der Waals surface area contributed by atoms with E-state index in [1.165, 1.54) is 6.92 Å². The van der Waals surface area contributed by atoms with Crippen molar-refractivity contribution < 1.29 is 23.6 Å². The average Bonchev–Trinajstić information content (AvgIpc) is 2.56. The van der Waals surface area contributed by atoms with Crippen LogP contribution in [0.3, 0.4) is 0 Å². The molecule has 0 saturated carbocycles.